The summed E-state index contributed by atoms with van der Waals surface area (Å²) in [5.41, 5.74) is -0.869. The van der Waals surface area contributed by atoms with E-state index in [2.05, 4.69) is 25.4 Å². The van der Waals surface area contributed by atoms with Gasteiger partial charge in [-0.1, -0.05) is 16.4 Å². The van der Waals surface area contributed by atoms with Crippen LogP contribution in [0, 0.1) is 13.8 Å². The van der Waals surface area contributed by atoms with Gasteiger partial charge < -0.3 is 14.0 Å². The van der Waals surface area contributed by atoms with E-state index in [1.54, 1.807) is 18.9 Å². The van der Waals surface area contributed by atoms with Crippen molar-refractivity contribution >= 4 is 6.21 Å². The summed E-state index contributed by atoms with van der Waals surface area (Å²) in [5, 5.41) is 13.4. The van der Waals surface area contributed by atoms with Crippen LogP contribution < -0.4 is 0 Å². The van der Waals surface area contributed by atoms with Crippen LogP contribution in [0.15, 0.2) is 38.4 Å². The highest BCUT2D eigenvalue weighted by Crippen LogP contribution is 2.40. The number of rotatable bonds is 4. The zero-order valence-electron chi connectivity index (χ0n) is 18.6. The van der Waals surface area contributed by atoms with E-state index in [0.717, 1.165) is 17.3 Å². The number of fused-ring (bicyclic) bond motifs is 1. The molecule has 0 aliphatic carbocycles. The van der Waals surface area contributed by atoms with E-state index in [4.69, 9.17) is 9.05 Å². The molecule has 0 bridgehead atoms. The molecule has 4 heterocycles. The van der Waals surface area contributed by atoms with E-state index in [1.165, 1.54) is 12.3 Å². The van der Waals surface area contributed by atoms with Gasteiger partial charge in [0.25, 0.3) is 0 Å². The maximum Gasteiger partial charge on any atom is 0.417 e. The lowest BCUT2D eigenvalue weighted by molar-refractivity contribution is -0.142. The number of alkyl halides is 6. The first kappa shape index (κ1) is 23.6. The maximum atomic E-state index is 13.5. The molecule has 0 unspecified atom stereocenters. The Bertz CT molecular complexity index is 1440. The van der Waals surface area contributed by atoms with E-state index < -0.39 is 29.0 Å². The molecule has 1 aliphatic heterocycles. The zero-order valence-corrected chi connectivity index (χ0v) is 18.6. The normalized spacial score (nSPS) is 13.9. The second-order valence-corrected chi connectivity index (χ2v) is 8.15. The van der Waals surface area contributed by atoms with Crippen molar-refractivity contribution in [3.05, 3.63) is 64.0 Å². The Labute approximate surface area is 198 Å². The first-order chi connectivity index (χ1) is 16.9. The lowest BCUT2D eigenvalue weighted by atomic mass is 10.0. The predicted molar refractivity (Wildman–Crippen MR) is 112 cm³/mol. The SMILES string of the molecule is Cc1noc(C)c1-c1nc2c([nH]1)CN(Cc1cc(-c3ccc(C(F)(F)F)cc3C(F)(F)F)no1)N=C2. The van der Waals surface area contributed by atoms with Crippen molar-refractivity contribution in [2.45, 2.75) is 39.3 Å². The van der Waals surface area contributed by atoms with E-state index in [0.29, 0.717) is 29.0 Å². The third-order valence-corrected chi connectivity index (χ3v) is 5.59. The fraction of sp³-hybridized carbons (Fsp3) is 0.273. The fourth-order valence-corrected chi connectivity index (χ4v) is 3.92. The first-order valence-corrected chi connectivity index (χ1v) is 10.5. The third kappa shape index (κ3) is 4.33. The Kier molecular flexibility index (Phi) is 5.41. The number of aromatic nitrogens is 4. The van der Waals surface area contributed by atoms with Crippen molar-refractivity contribution in [3.8, 4) is 22.6 Å². The van der Waals surface area contributed by atoms with Gasteiger partial charge in [-0.3, -0.25) is 5.01 Å². The average molecular weight is 510 g/mol. The minimum Gasteiger partial charge on any atom is -0.361 e. The molecule has 0 amide bonds. The van der Waals surface area contributed by atoms with Gasteiger partial charge in [0.2, 0.25) is 0 Å². The monoisotopic (exact) mass is 510 g/mol. The van der Waals surface area contributed by atoms with E-state index in [-0.39, 0.29) is 30.6 Å². The van der Waals surface area contributed by atoms with Crippen LogP contribution in [-0.2, 0) is 25.4 Å². The van der Waals surface area contributed by atoms with Crippen LogP contribution in [0.3, 0.4) is 0 Å². The van der Waals surface area contributed by atoms with Crippen molar-refractivity contribution in [2.24, 2.45) is 5.10 Å². The standard InChI is InChI=1S/C22H16F6N6O2/c1-10-19(11(2)35-32-10)20-30-17-7-29-34(9-18(17)31-20)8-13-6-16(33-36-13)14-4-3-12(21(23,24)25)5-15(14)22(26,27)28/h3-7H,8-9H2,1-2H3,(H,30,31). The molecule has 8 nitrogen and oxygen atoms in total. The Balaban J connectivity index is 1.36. The number of aromatic amines is 1. The van der Waals surface area contributed by atoms with Crippen molar-refractivity contribution in [3.63, 3.8) is 0 Å². The van der Waals surface area contributed by atoms with E-state index in [1.807, 2.05) is 0 Å². The van der Waals surface area contributed by atoms with Gasteiger partial charge in [0.1, 0.15) is 23.0 Å². The minimum atomic E-state index is -5.02. The lowest BCUT2D eigenvalue weighted by Crippen LogP contribution is -2.21. The van der Waals surface area contributed by atoms with Gasteiger partial charge in [-0.15, -0.1) is 0 Å². The van der Waals surface area contributed by atoms with E-state index >= 15 is 0 Å². The molecule has 36 heavy (non-hydrogen) atoms. The highest BCUT2D eigenvalue weighted by molar-refractivity contribution is 5.81. The highest BCUT2D eigenvalue weighted by atomic mass is 19.4. The summed E-state index contributed by atoms with van der Waals surface area (Å²) in [6.45, 7) is 3.88. The molecule has 0 saturated heterocycles. The van der Waals surface area contributed by atoms with Crippen molar-refractivity contribution < 1.29 is 35.4 Å². The number of benzene rings is 1. The Hall–Kier alpha value is -4.10. The fourth-order valence-electron chi connectivity index (χ4n) is 3.92. The molecule has 1 aliphatic rings. The van der Waals surface area contributed by atoms with E-state index in [9.17, 15) is 26.3 Å². The molecule has 3 aromatic heterocycles. The molecule has 14 heteroatoms. The van der Waals surface area contributed by atoms with Crippen LogP contribution in [0.25, 0.3) is 22.6 Å². The third-order valence-electron chi connectivity index (χ3n) is 5.59. The van der Waals surface area contributed by atoms with Crippen LogP contribution in [0.2, 0.25) is 0 Å². The number of H-pyrrole nitrogens is 1. The molecule has 5 rings (SSSR count). The molecule has 1 aromatic carbocycles. The van der Waals surface area contributed by atoms with Gasteiger partial charge in [-0.2, -0.15) is 31.4 Å². The van der Waals surface area contributed by atoms with Gasteiger partial charge >= 0.3 is 12.4 Å². The molecule has 1 N–H and O–H groups in total. The molecular weight excluding hydrogens is 494 g/mol. The summed E-state index contributed by atoms with van der Waals surface area (Å²) in [6.07, 6.45) is -8.43. The smallest absolute Gasteiger partial charge is 0.361 e. The number of halogens is 6. The second-order valence-electron chi connectivity index (χ2n) is 8.15. The summed E-state index contributed by atoms with van der Waals surface area (Å²) in [6, 6.07) is 2.61. The number of aryl methyl sites for hydroxylation is 2. The van der Waals surface area contributed by atoms with Gasteiger partial charge in [-0.25, -0.2) is 4.98 Å². The summed E-state index contributed by atoms with van der Waals surface area (Å²) in [7, 11) is 0. The van der Waals surface area contributed by atoms with Crippen molar-refractivity contribution in [1.82, 2.24) is 25.3 Å². The molecule has 0 saturated carbocycles. The van der Waals surface area contributed by atoms with Gasteiger partial charge in [-0.05, 0) is 26.0 Å². The number of hydrogen-bond acceptors (Lipinski definition) is 7. The number of nitrogens with zero attached hydrogens (tertiary/aromatic N) is 5. The Morgan fingerprint density at radius 2 is 1.78 bits per heavy atom. The van der Waals surface area contributed by atoms with Gasteiger partial charge in [0.15, 0.2) is 5.76 Å². The molecule has 0 spiro atoms. The lowest BCUT2D eigenvalue weighted by Gasteiger charge is -2.19. The first-order valence-electron chi connectivity index (χ1n) is 10.5. The Morgan fingerprint density at radius 1 is 1.00 bits per heavy atom. The summed E-state index contributed by atoms with van der Waals surface area (Å²) < 4.78 is 89.7. The molecule has 4 aromatic rings. The van der Waals surface area contributed by atoms with Crippen LogP contribution in [0.1, 0.15) is 39.7 Å². The molecule has 0 atom stereocenters. The molecule has 0 fully saturated rings. The number of hydrogen-bond donors (Lipinski definition) is 1. The van der Waals surface area contributed by atoms with Gasteiger partial charge in [0, 0.05) is 11.6 Å². The van der Waals surface area contributed by atoms with Crippen LogP contribution in [-0.4, -0.2) is 31.5 Å². The number of nitrogens with one attached hydrogen (secondary N) is 1. The Morgan fingerprint density at radius 3 is 2.44 bits per heavy atom. The zero-order chi connectivity index (χ0) is 25.8. The van der Waals surface area contributed by atoms with Crippen molar-refractivity contribution in [1.29, 1.82) is 0 Å². The largest absolute Gasteiger partial charge is 0.417 e. The molecule has 188 valence electrons. The second kappa shape index (κ2) is 8.24. The molecular formula is C22H16F6N6O2. The van der Waals surface area contributed by atoms with Gasteiger partial charge in [0.05, 0.1) is 47.4 Å². The summed E-state index contributed by atoms with van der Waals surface area (Å²) in [4.78, 5) is 7.70. The predicted octanol–water partition coefficient (Wildman–Crippen LogP) is 5.72. The minimum absolute atomic E-state index is 0.0462. The highest BCUT2D eigenvalue weighted by Gasteiger charge is 2.39. The van der Waals surface area contributed by atoms with Crippen LogP contribution in [0.4, 0.5) is 26.3 Å². The van der Waals surface area contributed by atoms with Crippen LogP contribution >= 0.6 is 0 Å². The summed E-state index contributed by atoms with van der Waals surface area (Å²) in [5.74, 6) is 1.33. The number of hydrazone groups is 1. The quantitative estimate of drug-likeness (QED) is 0.353. The maximum absolute atomic E-state index is 13.5. The summed E-state index contributed by atoms with van der Waals surface area (Å²) >= 11 is 0. The number of imidazole rings is 1. The molecule has 0 radical (unpaired) electrons. The topological polar surface area (TPSA) is 96.3 Å². The van der Waals surface area contributed by atoms with Crippen LogP contribution in [0.5, 0.6) is 0 Å². The van der Waals surface area contributed by atoms with Crippen molar-refractivity contribution in [2.75, 3.05) is 0 Å². The average Bonchev–Trinajstić information content (AvgIpc) is 3.50.